The lowest BCUT2D eigenvalue weighted by Crippen LogP contribution is -2.58. The number of benzene rings is 1. The fourth-order valence-corrected chi connectivity index (χ4v) is 3.47. The van der Waals surface area contributed by atoms with E-state index >= 15 is 0 Å². The number of alkyl halides is 3. The highest BCUT2D eigenvalue weighted by molar-refractivity contribution is 5.85. The van der Waals surface area contributed by atoms with Crippen molar-refractivity contribution in [3.8, 4) is 5.69 Å². The van der Waals surface area contributed by atoms with E-state index in [1.165, 1.54) is 12.1 Å². The van der Waals surface area contributed by atoms with Crippen molar-refractivity contribution in [1.82, 2.24) is 14.7 Å². The van der Waals surface area contributed by atoms with Gasteiger partial charge >= 0.3 is 6.18 Å². The van der Waals surface area contributed by atoms with Gasteiger partial charge in [0, 0.05) is 25.2 Å². The molecule has 3 rings (SSSR count). The molecule has 0 saturated carbocycles. The van der Waals surface area contributed by atoms with Gasteiger partial charge in [-0.2, -0.15) is 18.3 Å². The van der Waals surface area contributed by atoms with Gasteiger partial charge in [0.25, 0.3) is 5.91 Å². The highest BCUT2D eigenvalue weighted by Gasteiger charge is 2.57. The first-order chi connectivity index (χ1) is 13.0. The predicted octanol–water partition coefficient (Wildman–Crippen LogP) is 3.28. The van der Waals surface area contributed by atoms with Crippen LogP contribution in [0, 0.1) is 11.7 Å². The van der Waals surface area contributed by atoms with E-state index in [0.29, 0.717) is 19.0 Å². The number of amides is 1. The standard InChI is InChI=1S/C19H21F4N3O2/c1-12-11-25(17(27)18(2,28)19(21,22)23)9-7-15(12)16-8-10-26(24-16)14-5-3-13(20)4-6-14/h3-6,8,10,12,15,28H,7,9,11H2,1-2H3/t12-,15+,18+/m0/s1. The Hall–Kier alpha value is -2.42. The summed E-state index contributed by atoms with van der Waals surface area (Å²) in [6.45, 7) is 2.52. The predicted molar refractivity (Wildman–Crippen MR) is 93.3 cm³/mol. The number of halogens is 4. The van der Waals surface area contributed by atoms with E-state index < -0.39 is 17.7 Å². The average Bonchev–Trinajstić information content (AvgIpc) is 3.10. The minimum absolute atomic E-state index is 0.0402. The largest absolute Gasteiger partial charge is 0.426 e. The zero-order chi connectivity index (χ0) is 20.7. The molecule has 1 amide bonds. The summed E-state index contributed by atoms with van der Waals surface area (Å²) in [4.78, 5) is 13.2. The van der Waals surface area contributed by atoms with E-state index in [0.717, 1.165) is 10.6 Å². The van der Waals surface area contributed by atoms with Gasteiger partial charge in [-0.3, -0.25) is 4.79 Å². The number of rotatable bonds is 3. The molecule has 5 nitrogen and oxygen atoms in total. The van der Waals surface area contributed by atoms with Crippen molar-refractivity contribution in [3.63, 3.8) is 0 Å². The Bertz CT molecular complexity index is 846. The zero-order valence-corrected chi connectivity index (χ0v) is 15.4. The summed E-state index contributed by atoms with van der Waals surface area (Å²) in [5.41, 5.74) is -1.95. The van der Waals surface area contributed by atoms with Crippen LogP contribution in [0.15, 0.2) is 36.5 Å². The van der Waals surface area contributed by atoms with E-state index in [1.54, 1.807) is 23.0 Å². The lowest BCUT2D eigenvalue weighted by atomic mass is 9.84. The number of carbonyl (C=O) groups excluding carboxylic acids is 1. The first-order valence-corrected chi connectivity index (χ1v) is 8.90. The van der Waals surface area contributed by atoms with Crippen LogP contribution in [0.5, 0.6) is 0 Å². The smallest absolute Gasteiger partial charge is 0.373 e. The molecular weight excluding hydrogens is 378 g/mol. The molecule has 0 radical (unpaired) electrons. The minimum Gasteiger partial charge on any atom is -0.373 e. The van der Waals surface area contributed by atoms with E-state index in [-0.39, 0.29) is 30.7 Å². The fourth-order valence-electron chi connectivity index (χ4n) is 3.47. The molecule has 1 aromatic carbocycles. The Morgan fingerprint density at radius 3 is 2.43 bits per heavy atom. The molecule has 1 aliphatic heterocycles. The maximum Gasteiger partial charge on any atom is 0.426 e. The lowest BCUT2D eigenvalue weighted by Gasteiger charge is -2.39. The molecule has 2 heterocycles. The Balaban J connectivity index is 1.71. The lowest BCUT2D eigenvalue weighted by molar-refractivity contribution is -0.250. The second-order valence-corrected chi connectivity index (χ2v) is 7.36. The topological polar surface area (TPSA) is 58.4 Å². The van der Waals surface area contributed by atoms with Gasteiger partial charge in [0.2, 0.25) is 5.60 Å². The Labute approximate surface area is 159 Å². The molecule has 1 fully saturated rings. The molecule has 0 unspecified atom stereocenters. The summed E-state index contributed by atoms with van der Waals surface area (Å²) < 4.78 is 53.5. The molecule has 9 heteroatoms. The van der Waals surface area contributed by atoms with Crippen molar-refractivity contribution in [2.75, 3.05) is 13.1 Å². The number of aliphatic hydroxyl groups is 1. The van der Waals surface area contributed by atoms with Crippen LogP contribution < -0.4 is 0 Å². The minimum atomic E-state index is -5.03. The van der Waals surface area contributed by atoms with Gasteiger partial charge < -0.3 is 10.0 Å². The van der Waals surface area contributed by atoms with Crippen molar-refractivity contribution in [1.29, 1.82) is 0 Å². The van der Waals surface area contributed by atoms with Gasteiger partial charge in [-0.15, -0.1) is 0 Å². The van der Waals surface area contributed by atoms with E-state index in [1.807, 2.05) is 13.0 Å². The van der Waals surface area contributed by atoms with Gasteiger partial charge in [-0.25, -0.2) is 9.07 Å². The van der Waals surface area contributed by atoms with Crippen LogP contribution in [-0.4, -0.2) is 50.6 Å². The van der Waals surface area contributed by atoms with E-state index in [9.17, 15) is 27.5 Å². The van der Waals surface area contributed by atoms with Crippen molar-refractivity contribution in [2.45, 2.75) is 38.0 Å². The summed E-state index contributed by atoms with van der Waals surface area (Å²) in [5, 5.41) is 14.1. The third-order valence-corrected chi connectivity index (χ3v) is 5.24. The second kappa shape index (κ2) is 7.20. The summed E-state index contributed by atoms with van der Waals surface area (Å²) in [5.74, 6) is -1.86. The van der Waals surface area contributed by atoms with Crippen LogP contribution in [0.1, 0.15) is 31.9 Å². The van der Waals surface area contributed by atoms with Crippen molar-refractivity contribution < 1.29 is 27.5 Å². The van der Waals surface area contributed by atoms with E-state index in [4.69, 9.17) is 0 Å². The molecule has 28 heavy (non-hydrogen) atoms. The number of carbonyl (C=O) groups is 1. The van der Waals surface area contributed by atoms with Crippen LogP contribution in [0.4, 0.5) is 17.6 Å². The maximum atomic E-state index is 13.1. The molecule has 0 spiro atoms. The third kappa shape index (κ3) is 3.76. The number of aromatic nitrogens is 2. The quantitative estimate of drug-likeness (QED) is 0.806. The van der Waals surface area contributed by atoms with Crippen LogP contribution in [0.3, 0.4) is 0 Å². The van der Waals surface area contributed by atoms with E-state index in [2.05, 4.69) is 5.10 Å². The highest BCUT2D eigenvalue weighted by Crippen LogP contribution is 2.36. The molecule has 1 N–H and O–H groups in total. The first kappa shape index (κ1) is 20.3. The fraction of sp³-hybridized carbons (Fsp3) is 0.474. The number of likely N-dealkylation sites (tertiary alicyclic amines) is 1. The second-order valence-electron chi connectivity index (χ2n) is 7.36. The van der Waals surface area contributed by atoms with Crippen molar-refractivity contribution >= 4 is 5.91 Å². The van der Waals surface area contributed by atoms with Crippen molar-refractivity contribution in [3.05, 3.63) is 48.0 Å². The van der Waals surface area contributed by atoms with Crippen LogP contribution >= 0.6 is 0 Å². The number of nitrogens with zero attached hydrogens (tertiary/aromatic N) is 3. The highest BCUT2D eigenvalue weighted by atomic mass is 19.4. The molecular formula is C19H21F4N3O2. The molecule has 2 aromatic rings. The molecule has 1 aliphatic rings. The molecule has 3 atom stereocenters. The van der Waals surface area contributed by atoms with Gasteiger partial charge in [0.1, 0.15) is 5.82 Å². The average molecular weight is 399 g/mol. The van der Waals surface area contributed by atoms with Gasteiger partial charge in [-0.05, 0) is 49.6 Å². The Morgan fingerprint density at radius 1 is 1.21 bits per heavy atom. The molecule has 1 aromatic heterocycles. The first-order valence-electron chi connectivity index (χ1n) is 8.90. The third-order valence-electron chi connectivity index (χ3n) is 5.24. The summed E-state index contributed by atoms with van der Waals surface area (Å²) in [7, 11) is 0. The Morgan fingerprint density at radius 2 is 1.86 bits per heavy atom. The summed E-state index contributed by atoms with van der Waals surface area (Å²) in [6, 6.07) is 7.66. The van der Waals surface area contributed by atoms with Gasteiger partial charge in [-0.1, -0.05) is 6.92 Å². The summed E-state index contributed by atoms with van der Waals surface area (Å²) in [6.07, 6.45) is -2.86. The van der Waals surface area contributed by atoms with Gasteiger partial charge in [0.15, 0.2) is 0 Å². The molecule has 1 saturated heterocycles. The van der Waals surface area contributed by atoms with Crippen molar-refractivity contribution in [2.24, 2.45) is 5.92 Å². The van der Waals surface area contributed by atoms with Crippen LogP contribution in [0.2, 0.25) is 0 Å². The SMILES string of the molecule is C[C@H]1CN(C(=O)[C@@](C)(O)C(F)(F)F)CC[C@H]1c1ccn(-c2ccc(F)cc2)n1. The maximum absolute atomic E-state index is 13.1. The number of hydrogen-bond acceptors (Lipinski definition) is 3. The van der Waals surface area contributed by atoms with Crippen LogP contribution in [-0.2, 0) is 4.79 Å². The molecule has 0 bridgehead atoms. The molecule has 0 aliphatic carbocycles. The van der Waals surface area contributed by atoms with Crippen LogP contribution in [0.25, 0.3) is 5.69 Å². The number of hydrogen-bond donors (Lipinski definition) is 1. The Kier molecular flexibility index (Phi) is 5.22. The molecule has 152 valence electrons. The monoisotopic (exact) mass is 399 g/mol. The normalized spacial score (nSPS) is 22.8. The zero-order valence-electron chi connectivity index (χ0n) is 15.4. The van der Waals surface area contributed by atoms with Gasteiger partial charge in [0.05, 0.1) is 11.4 Å². The number of piperidine rings is 1. The summed E-state index contributed by atoms with van der Waals surface area (Å²) >= 11 is 0.